The highest BCUT2D eigenvalue weighted by Gasteiger charge is 2.12. The van der Waals surface area contributed by atoms with Crippen LogP contribution in [0.5, 0.6) is 0 Å². The smallest absolute Gasteiger partial charge is 0.0994 e. The summed E-state index contributed by atoms with van der Waals surface area (Å²) in [5.41, 5.74) is 2.32. The lowest BCUT2D eigenvalue weighted by molar-refractivity contribution is 0.419. The van der Waals surface area contributed by atoms with Gasteiger partial charge in [-0.3, -0.25) is 0 Å². The summed E-state index contributed by atoms with van der Waals surface area (Å²) in [4.78, 5) is 4.25. The summed E-state index contributed by atoms with van der Waals surface area (Å²) >= 11 is 8.29. The third-order valence-corrected chi connectivity index (χ3v) is 3.78. The maximum Gasteiger partial charge on any atom is 0.0994 e. The Morgan fingerprint density at radius 3 is 2.74 bits per heavy atom. The number of hydrogen-bond donors (Lipinski definition) is 1. The van der Waals surface area contributed by atoms with Gasteiger partial charge in [0.2, 0.25) is 0 Å². The number of imidazole rings is 1. The van der Waals surface area contributed by atoms with Crippen molar-refractivity contribution in [2.24, 2.45) is 0 Å². The van der Waals surface area contributed by atoms with Gasteiger partial charge in [-0.2, -0.15) is 0 Å². The summed E-state index contributed by atoms with van der Waals surface area (Å²) in [7, 11) is 0. The Bertz CT molecular complexity index is 572. The second kappa shape index (κ2) is 5.81. The molecule has 0 spiro atoms. The highest BCUT2D eigenvalue weighted by molar-refractivity contribution is 14.1. The zero-order valence-corrected chi connectivity index (χ0v) is 14.2. The molecule has 0 fully saturated rings. The Hall–Kier alpha value is -0.590. The summed E-state index contributed by atoms with van der Waals surface area (Å²) < 4.78 is 3.21. The summed E-state index contributed by atoms with van der Waals surface area (Å²) in [6, 6.07) is 5.88. The minimum atomic E-state index is 0.0856. The number of rotatable bonds is 3. The largest absolute Gasteiger partial charge is 0.306 e. The molecule has 0 radical (unpaired) electrons. The van der Waals surface area contributed by atoms with Crippen molar-refractivity contribution in [3.63, 3.8) is 0 Å². The molecule has 0 aliphatic carbocycles. The molecule has 0 bridgehead atoms. The maximum atomic E-state index is 6.00. The third kappa shape index (κ3) is 3.94. The second-order valence-electron chi connectivity index (χ2n) is 5.45. The quantitative estimate of drug-likeness (QED) is 0.804. The first-order valence-electron chi connectivity index (χ1n) is 6.08. The number of hydrogen-bond acceptors (Lipinski definition) is 2. The van der Waals surface area contributed by atoms with Gasteiger partial charge in [-0.15, -0.1) is 0 Å². The van der Waals surface area contributed by atoms with Crippen molar-refractivity contribution in [3.8, 4) is 5.69 Å². The molecule has 5 heteroatoms. The SMILES string of the molecule is CC(C)(C)NCc1cncn1-c1ccc(Cl)cc1I. The van der Waals surface area contributed by atoms with Crippen molar-refractivity contribution in [1.82, 2.24) is 14.9 Å². The standard InChI is InChI=1S/C14H17ClIN3/c1-14(2,3)18-8-11-7-17-9-19(11)13-5-4-10(15)6-12(13)16/h4-7,9,18H,8H2,1-3H3. The molecule has 1 heterocycles. The van der Waals surface area contributed by atoms with Gasteiger partial charge in [-0.25, -0.2) is 4.98 Å². The zero-order valence-electron chi connectivity index (χ0n) is 11.2. The number of benzene rings is 1. The second-order valence-corrected chi connectivity index (χ2v) is 7.05. The predicted octanol–water partition coefficient (Wildman–Crippen LogP) is 4.02. The number of nitrogens with one attached hydrogen (secondary N) is 1. The molecule has 3 nitrogen and oxygen atoms in total. The van der Waals surface area contributed by atoms with E-state index in [1.807, 2.05) is 30.7 Å². The first-order chi connectivity index (χ1) is 8.87. The van der Waals surface area contributed by atoms with Crippen LogP contribution in [-0.2, 0) is 6.54 Å². The average Bonchev–Trinajstić information content (AvgIpc) is 2.73. The highest BCUT2D eigenvalue weighted by atomic mass is 127. The van der Waals surface area contributed by atoms with E-state index in [1.165, 1.54) is 0 Å². The summed E-state index contributed by atoms with van der Waals surface area (Å²) in [5, 5.41) is 4.23. The number of nitrogens with zero attached hydrogens (tertiary/aromatic N) is 2. The molecule has 0 aliphatic rings. The molecular formula is C14H17ClIN3. The normalized spacial score (nSPS) is 11.8. The van der Waals surface area contributed by atoms with Crippen LogP contribution in [0.15, 0.2) is 30.7 Å². The van der Waals surface area contributed by atoms with E-state index in [0.717, 1.165) is 26.5 Å². The lowest BCUT2D eigenvalue weighted by Gasteiger charge is -2.21. The van der Waals surface area contributed by atoms with Crippen LogP contribution in [0.4, 0.5) is 0 Å². The van der Waals surface area contributed by atoms with Crippen molar-refractivity contribution in [3.05, 3.63) is 45.0 Å². The molecule has 102 valence electrons. The van der Waals surface area contributed by atoms with Gasteiger partial charge >= 0.3 is 0 Å². The van der Waals surface area contributed by atoms with Gasteiger partial charge in [0.1, 0.15) is 0 Å². The van der Waals surface area contributed by atoms with Gasteiger partial charge in [0.05, 0.1) is 17.7 Å². The van der Waals surface area contributed by atoms with Crippen LogP contribution in [0.2, 0.25) is 5.02 Å². The van der Waals surface area contributed by atoms with Crippen LogP contribution in [0.3, 0.4) is 0 Å². The predicted molar refractivity (Wildman–Crippen MR) is 87.9 cm³/mol. The van der Waals surface area contributed by atoms with E-state index in [9.17, 15) is 0 Å². The van der Waals surface area contributed by atoms with E-state index in [4.69, 9.17) is 11.6 Å². The number of halogens is 2. The summed E-state index contributed by atoms with van der Waals surface area (Å²) in [6.45, 7) is 7.24. The third-order valence-electron chi connectivity index (χ3n) is 2.68. The summed E-state index contributed by atoms with van der Waals surface area (Å²) in [6.07, 6.45) is 3.73. The van der Waals surface area contributed by atoms with Crippen LogP contribution in [0.1, 0.15) is 26.5 Å². The Balaban J connectivity index is 2.28. The first-order valence-corrected chi connectivity index (χ1v) is 7.54. The molecule has 0 unspecified atom stereocenters. The van der Waals surface area contributed by atoms with Gasteiger partial charge in [0.25, 0.3) is 0 Å². The van der Waals surface area contributed by atoms with E-state index in [1.54, 1.807) is 0 Å². The van der Waals surface area contributed by atoms with Crippen LogP contribution >= 0.6 is 34.2 Å². The van der Waals surface area contributed by atoms with Gasteiger partial charge in [-0.05, 0) is 61.6 Å². The fraction of sp³-hybridized carbons (Fsp3) is 0.357. The van der Waals surface area contributed by atoms with Crippen molar-refractivity contribution in [2.45, 2.75) is 32.9 Å². The van der Waals surface area contributed by atoms with E-state index in [0.29, 0.717) is 0 Å². The molecular weight excluding hydrogens is 373 g/mol. The van der Waals surface area contributed by atoms with Gasteiger partial charge < -0.3 is 9.88 Å². The van der Waals surface area contributed by atoms with E-state index in [-0.39, 0.29) is 5.54 Å². The van der Waals surface area contributed by atoms with E-state index >= 15 is 0 Å². The maximum absolute atomic E-state index is 6.00. The topological polar surface area (TPSA) is 29.9 Å². The molecule has 2 aromatic rings. The Morgan fingerprint density at radius 2 is 2.11 bits per heavy atom. The van der Waals surface area contributed by atoms with E-state index in [2.05, 4.69) is 58.2 Å². The van der Waals surface area contributed by atoms with Crippen LogP contribution in [0, 0.1) is 3.57 Å². The minimum Gasteiger partial charge on any atom is -0.306 e. The van der Waals surface area contributed by atoms with Crippen molar-refractivity contribution >= 4 is 34.2 Å². The highest BCUT2D eigenvalue weighted by Crippen LogP contribution is 2.22. The molecule has 1 aromatic heterocycles. The fourth-order valence-electron chi connectivity index (χ4n) is 1.70. The molecule has 0 saturated heterocycles. The lowest BCUT2D eigenvalue weighted by atomic mass is 10.1. The van der Waals surface area contributed by atoms with Crippen LogP contribution < -0.4 is 5.32 Å². The van der Waals surface area contributed by atoms with Gasteiger partial charge in [-0.1, -0.05) is 11.6 Å². The van der Waals surface area contributed by atoms with Gasteiger partial charge in [0.15, 0.2) is 0 Å². The van der Waals surface area contributed by atoms with E-state index < -0.39 is 0 Å². The molecule has 0 amide bonds. The molecule has 0 atom stereocenters. The van der Waals surface area contributed by atoms with Gasteiger partial charge in [0, 0.05) is 26.9 Å². The minimum absolute atomic E-state index is 0.0856. The Morgan fingerprint density at radius 1 is 1.37 bits per heavy atom. The molecule has 1 aromatic carbocycles. The fourth-order valence-corrected chi connectivity index (χ4v) is 2.83. The molecule has 0 saturated carbocycles. The lowest BCUT2D eigenvalue weighted by Crippen LogP contribution is -2.35. The van der Waals surface area contributed by atoms with Crippen molar-refractivity contribution in [2.75, 3.05) is 0 Å². The zero-order chi connectivity index (χ0) is 14.0. The average molecular weight is 390 g/mol. The van der Waals surface area contributed by atoms with Crippen LogP contribution in [-0.4, -0.2) is 15.1 Å². The molecule has 1 N–H and O–H groups in total. The van der Waals surface area contributed by atoms with Crippen molar-refractivity contribution in [1.29, 1.82) is 0 Å². The molecule has 19 heavy (non-hydrogen) atoms. The monoisotopic (exact) mass is 389 g/mol. The first kappa shape index (κ1) is 14.8. The molecule has 2 rings (SSSR count). The molecule has 0 aliphatic heterocycles. The Labute approximate surface area is 132 Å². The van der Waals surface area contributed by atoms with Crippen molar-refractivity contribution < 1.29 is 0 Å². The van der Waals surface area contributed by atoms with Crippen LogP contribution in [0.25, 0.3) is 5.69 Å². The Kier molecular flexibility index (Phi) is 4.53. The summed E-state index contributed by atoms with van der Waals surface area (Å²) in [5.74, 6) is 0. The number of aromatic nitrogens is 2.